The van der Waals surface area contributed by atoms with Gasteiger partial charge in [-0.2, -0.15) is 0 Å². The zero-order valence-corrected chi connectivity index (χ0v) is 12.1. The largest absolute Gasteiger partial charge is 0.386 e. The van der Waals surface area contributed by atoms with E-state index < -0.39 is 0 Å². The van der Waals surface area contributed by atoms with Crippen LogP contribution in [0.3, 0.4) is 0 Å². The Bertz CT molecular complexity index is 631. The normalized spacial score (nSPS) is 21.6. The summed E-state index contributed by atoms with van der Waals surface area (Å²) < 4.78 is 13.1. The Morgan fingerprint density at radius 1 is 1.29 bits per heavy atom. The lowest BCUT2D eigenvalue weighted by Crippen LogP contribution is -2.24. The van der Waals surface area contributed by atoms with E-state index in [1.807, 2.05) is 0 Å². The molecule has 2 heterocycles. The average molecular weight is 287 g/mol. The number of fused-ring (bicyclic) bond motifs is 1. The molecule has 0 aliphatic carbocycles. The van der Waals surface area contributed by atoms with Crippen molar-refractivity contribution in [2.24, 2.45) is 10.9 Å². The maximum absolute atomic E-state index is 13.1. The van der Waals surface area contributed by atoms with Gasteiger partial charge in [0.25, 0.3) is 5.91 Å². The van der Waals surface area contributed by atoms with Crippen LogP contribution in [0.4, 0.5) is 4.39 Å². The van der Waals surface area contributed by atoms with Crippen LogP contribution < -0.4 is 10.6 Å². The number of amides is 1. The summed E-state index contributed by atoms with van der Waals surface area (Å²) in [5.41, 5.74) is 3.32. The lowest BCUT2D eigenvalue weighted by atomic mass is 9.93. The molecule has 21 heavy (non-hydrogen) atoms. The van der Waals surface area contributed by atoms with E-state index in [0.717, 1.165) is 23.4 Å². The Hall–Kier alpha value is -2.17. The average Bonchev–Trinajstić information content (AvgIpc) is 2.65. The van der Waals surface area contributed by atoms with Crippen LogP contribution in [0.2, 0.25) is 0 Å². The summed E-state index contributed by atoms with van der Waals surface area (Å²) in [5.74, 6) is -0.172. The van der Waals surface area contributed by atoms with E-state index in [1.165, 1.54) is 12.1 Å². The number of aliphatic imine (C=N–C) groups is 1. The Kier molecular flexibility index (Phi) is 3.49. The molecule has 1 unspecified atom stereocenters. The Morgan fingerprint density at radius 2 is 2.00 bits per heavy atom. The van der Waals surface area contributed by atoms with Gasteiger partial charge in [0.2, 0.25) is 0 Å². The van der Waals surface area contributed by atoms with Crippen LogP contribution in [-0.2, 0) is 4.79 Å². The molecule has 5 heteroatoms. The first-order valence-electron chi connectivity index (χ1n) is 7.17. The van der Waals surface area contributed by atoms with E-state index in [9.17, 15) is 9.18 Å². The molecular formula is C16H18FN3O. The highest BCUT2D eigenvalue weighted by Crippen LogP contribution is 2.33. The number of benzene rings is 1. The Labute approximate surface area is 123 Å². The molecule has 0 saturated carbocycles. The van der Waals surface area contributed by atoms with Crippen molar-refractivity contribution in [2.45, 2.75) is 19.9 Å². The number of hydrogen-bond donors (Lipinski definition) is 2. The number of nitrogens with zero attached hydrogens (tertiary/aromatic N) is 1. The van der Waals surface area contributed by atoms with Gasteiger partial charge >= 0.3 is 0 Å². The molecule has 110 valence electrons. The highest BCUT2D eigenvalue weighted by molar-refractivity contribution is 6.48. The van der Waals surface area contributed by atoms with Crippen LogP contribution in [-0.4, -0.2) is 24.7 Å². The predicted octanol–water partition coefficient (Wildman–Crippen LogP) is 1.95. The zero-order chi connectivity index (χ0) is 15.0. The molecule has 0 spiro atoms. The van der Waals surface area contributed by atoms with Crippen LogP contribution in [0.1, 0.15) is 25.5 Å². The van der Waals surface area contributed by atoms with Crippen molar-refractivity contribution in [2.75, 3.05) is 13.1 Å². The Morgan fingerprint density at radius 3 is 2.67 bits per heavy atom. The van der Waals surface area contributed by atoms with Crippen molar-refractivity contribution in [3.8, 4) is 0 Å². The van der Waals surface area contributed by atoms with Crippen LogP contribution >= 0.6 is 0 Å². The molecule has 1 fully saturated rings. The lowest BCUT2D eigenvalue weighted by molar-refractivity contribution is -0.114. The van der Waals surface area contributed by atoms with E-state index in [-0.39, 0.29) is 23.7 Å². The fourth-order valence-corrected chi connectivity index (χ4v) is 2.84. The maximum atomic E-state index is 13.1. The van der Waals surface area contributed by atoms with Gasteiger partial charge in [0, 0.05) is 17.8 Å². The molecule has 2 aliphatic rings. The van der Waals surface area contributed by atoms with Gasteiger partial charge in [0.1, 0.15) is 11.5 Å². The minimum atomic E-state index is -0.283. The molecule has 2 aliphatic heterocycles. The summed E-state index contributed by atoms with van der Waals surface area (Å²) in [7, 11) is 0. The van der Waals surface area contributed by atoms with Crippen molar-refractivity contribution in [3.63, 3.8) is 0 Å². The number of carbonyl (C=O) groups is 1. The second-order valence-electron chi connectivity index (χ2n) is 5.60. The third-order valence-electron chi connectivity index (χ3n) is 3.80. The summed E-state index contributed by atoms with van der Waals surface area (Å²) >= 11 is 0. The van der Waals surface area contributed by atoms with E-state index in [0.29, 0.717) is 12.3 Å². The van der Waals surface area contributed by atoms with E-state index in [2.05, 4.69) is 29.5 Å². The van der Waals surface area contributed by atoms with Crippen molar-refractivity contribution in [1.29, 1.82) is 0 Å². The first-order valence-corrected chi connectivity index (χ1v) is 7.17. The minimum Gasteiger partial charge on any atom is -0.386 e. The number of nitrogens with one attached hydrogen (secondary N) is 2. The predicted molar refractivity (Wildman–Crippen MR) is 79.5 cm³/mol. The van der Waals surface area contributed by atoms with Gasteiger partial charge in [0.05, 0.1) is 12.6 Å². The molecule has 4 nitrogen and oxygen atoms in total. The molecule has 1 saturated heterocycles. The smallest absolute Gasteiger partial charge is 0.270 e. The van der Waals surface area contributed by atoms with Crippen molar-refractivity contribution in [3.05, 3.63) is 46.9 Å². The summed E-state index contributed by atoms with van der Waals surface area (Å²) in [6.07, 6.45) is 0. The molecule has 0 radical (unpaired) electrons. The highest BCUT2D eigenvalue weighted by atomic mass is 19.1. The third kappa shape index (κ3) is 2.44. The number of allylic oxidation sites excluding steroid dienone is 1. The molecule has 1 aromatic carbocycles. The summed E-state index contributed by atoms with van der Waals surface area (Å²) in [5, 5.41) is 6.34. The van der Waals surface area contributed by atoms with Crippen LogP contribution in [0.5, 0.6) is 0 Å². The van der Waals surface area contributed by atoms with E-state index in [1.54, 1.807) is 12.1 Å². The molecule has 3 rings (SSSR count). The maximum Gasteiger partial charge on any atom is 0.270 e. The van der Waals surface area contributed by atoms with E-state index in [4.69, 9.17) is 0 Å². The van der Waals surface area contributed by atoms with Crippen LogP contribution in [0, 0.1) is 11.7 Å². The second-order valence-corrected chi connectivity index (χ2v) is 5.60. The van der Waals surface area contributed by atoms with Crippen LogP contribution in [0.15, 0.2) is 40.5 Å². The third-order valence-corrected chi connectivity index (χ3v) is 3.80. The Balaban J connectivity index is 2.12. The zero-order valence-electron chi connectivity index (χ0n) is 12.1. The monoisotopic (exact) mass is 287 g/mol. The molecule has 0 aromatic heterocycles. The number of carbonyl (C=O) groups excluding carboxylic acids is 1. The SMILES string of the molecule is CC(C)C1=C2C(=NCCN1)C(=O)NC2c1ccc(F)cc1. The van der Waals surface area contributed by atoms with Crippen LogP contribution in [0.25, 0.3) is 0 Å². The second kappa shape index (κ2) is 5.31. The molecule has 2 N–H and O–H groups in total. The quantitative estimate of drug-likeness (QED) is 0.873. The fraction of sp³-hybridized carbons (Fsp3) is 0.375. The standard InChI is InChI=1S/C16H18FN3O/c1-9(2)13-12-14(10-3-5-11(17)6-4-10)20-16(21)15(12)19-8-7-18-13/h3-6,9,14,18H,7-8H2,1-2H3,(H,20,21). The molecule has 1 amide bonds. The van der Waals surface area contributed by atoms with Crippen molar-refractivity contribution >= 4 is 11.6 Å². The highest BCUT2D eigenvalue weighted by Gasteiger charge is 2.38. The van der Waals surface area contributed by atoms with Crippen molar-refractivity contribution < 1.29 is 9.18 Å². The van der Waals surface area contributed by atoms with E-state index >= 15 is 0 Å². The lowest BCUT2D eigenvalue weighted by Gasteiger charge is -2.20. The van der Waals surface area contributed by atoms with Gasteiger partial charge in [-0.05, 0) is 23.6 Å². The molecule has 1 atom stereocenters. The van der Waals surface area contributed by atoms with Gasteiger partial charge < -0.3 is 10.6 Å². The summed E-state index contributed by atoms with van der Waals surface area (Å²) in [4.78, 5) is 16.6. The van der Waals surface area contributed by atoms with Crippen molar-refractivity contribution in [1.82, 2.24) is 10.6 Å². The van der Waals surface area contributed by atoms with Gasteiger partial charge in [-0.3, -0.25) is 9.79 Å². The number of rotatable bonds is 2. The van der Waals surface area contributed by atoms with Gasteiger partial charge in [-0.25, -0.2) is 4.39 Å². The topological polar surface area (TPSA) is 53.5 Å². The first kappa shape index (κ1) is 13.8. The molecular weight excluding hydrogens is 269 g/mol. The van der Waals surface area contributed by atoms with Gasteiger partial charge in [-0.1, -0.05) is 26.0 Å². The molecule has 1 aromatic rings. The first-order chi connectivity index (χ1) is 10.1. The number of halogens is 1. The van der Waals surface area contributed by atoms with Gasteiger partial charge in [-0.15, -0.1) is 0 Å². The minimum absolute atomic E-state index is 0.152. The summed E-state index contributed by atoms with van der Waals surface area (Å²) in [6.45, 7) is 5.48. The fourth-order valence-electron chi connectivity index (χ4n) is 2.84. The van der Waals surface area contributed by atoms with Gasteiger partial charge in [0.15, 0.2) is 0 Å². The molecule has 0 bridgehead atoms. The summed E-state index contributed by atoms with van der Waals surface area (Å²) in [6, 6.07) is 5.98. The number of hydrogen-bond acceptors (Lipinski definition) is 3.